The van der Waals surface area contributed by atoms with Gasteiger partial charge in [-0.2, -0.15) is 5.26 Å². The van der Waals surface area contributed by atoms with Gasteiger partial charge in [0.1, 0.15) is 11.8 Å². The highest BCUT2D eigenvalue weighted by Gasteiger charge is 2.33. The normalized spacial score (nSPS) is 33.2. The van der Waals surface area contributed by atoms with Crippen molar-refractivity contribution in [1.29, 1.82) is 5.26 Å². The Morgan fingerprint density at radius 1 is 1.67 bits per heavy atom. The fourth-order valence-corrected chi connectivity index (χ4v) is 1.72. The van der Waals surface area contributed by atoms with E-state index in [4.69, 9.17) is 10.00 Å². The van der Waals surface area contributed by atoms with Crippen LogP contribution in [0.15, 0.2) is 11.8 Å². The van der Waals surface area contributed by atoms with Crippen LogP contribution in [0, 0.1) is 17.2 Å². The molecule has 0 aromatic rings. The largest absolute Gasteiger partial charge is 0.479 e. The van der Waals surface area contributed by atoms with Gasteiger partial charge in [0.15, 0.2) is 11.9 Å². The lowest BCUT2D eigenvalue weighted by molar-refractivity contribution is -0.115. The van der Waals surface area contributed by atoms with Crippen molar-refractivity contribution in [2.45, 2.75) is 25.4 Å². The highest BCUT2D eigenvalue weighted by atomic mass is 16.5. The Kier molecular flexibility index (Phi) is 1.61. The van der Waals surface area contributed by atoms with Gasteiger partial charge in [0.2, 0.25) is 0 Å². The van der Waals surface area contributed by atoms with E-state index in [0.29, 0.717) is 12.3 Å². The number of fused-ring (bicyclic) bond motifs is 1. The van der Waals surface area contributed by atoms with Gasteiger partial charge in [-0.25, -0.2) is 0 Å². The fourth-order valence-electron chi connectivity index (χ4n) is 1.72. The third-order valence-corrected chi connectivity index (χ3v) is 2.37. The molecule has 62 valence electrons. The van der Waals surface area contributed by atoms with Gasteiger partial charge in [0, 0.05) is 24.8 Å². The number of ether oxygens (including phenoxy) is 1. The average Bonchev–Trinajstić information content (AvgIpc) is 2.46. The van der Waals surface area contributed by atoms with Crippen LogP contribution in [0.25, 0.3) is 0 Å². The lowest BCUT2D eigenvalue weighted by Gasteiger charge is -2.12. The Bertz CT molecular complexity index is 287. The van der Waals surface area contributed by atoms with Crippen molar-refractivity contribution in [3.05, 3.63) is 11.8 Å². The highest BCUT2D eigenvalue weighted by molar-refractivity contribution is 5.91. The number of nitrogens with zero attached hydrogens (tertiary/aromatic N) is 1. The zero-order valence-corrected chi connectivity index (χ0v) is 6.62. The SMILES string of the molecule is N#C[C@@H]1C[C@H]2CCC(=O)C=C2O1. The third kappa shape index (κ3) is 1.10. The summed E-state index contributed by atoms with van der Waals surface area (Å²) in [6.07, 6.45) is 3.44. The predicted octanol–water partition coefficient (Wildman–Crippen LogP) is 1.16. The fraction of sp³-hybridized carbons (Fsp3) is 0.556. The van der Waals surface area contributed by atoms with E-state index < -0.39 is 0 Å². The molecular weight excluding hydrogens is 154 g/mol. The van der Waals surface area contributed by atoms with Gasteiger partial charge in [-0.05, 0) is 6.42 Å². The van der Waals surface area contributed by atoms with E-state index in [-0.39, 0.29) is 11.9 Å². The van der Waals surface area contributed by atoms with Crippen LogP contribution in [-0.2, 0) is 9.53 Å². The van der Waals surface area contributed by atoms with Gasteiger partial charge < -0.3 is 4.74 Å². The van der Waals surface area contributed by atoms with E-state index >= 15 is 0 Å². The Hall–Kier alpha value is -1.30. The van der Waals surface area contributed by atoms with Crippen LogP contribution in [0.5, 0.6) is 0 Å². The maximum atomic E-state index is 11.0. The molecule has 2 atom stereocenters. The first kappa shape index (κ1) is 7.35. The molecule has 0 unspecified atom stereocenters. The molecule has 0 aromatic carbocycles. The molecule has 1 heterocycles. The summed E-state index contributed by atoms with van der Waals surface area (Å²) in [5.74, 6) is 1.19. The van der Waals surface area contributed by atoms with Crippen molar-refractivity contribution in [3.63, 3.8) is 0 Å². The summed E-state index contributed by atoms with van der Waals surface area (Å²) in [6.45, 7) is 0. The molecule has 0 spiro atoms. The van der Waals surface area contributed by atoms with Gasteiger partial charge in [0.05, 0.1) is 0 Å². The zero-order valence-electron chi connectivity index (χ0n) is 6.62. The molecule has 0 N–H and O–H groups in total. The molecule has 3 nitrogen and oxygen atoms in total. The second-order valence-corrected chi connectivity index (χ2v) is 3.22. The molecular formula is C9H9NO2. The summed E-state index contributed by atoms with van der Waals surface area (Å²) in [6, 6.07) is 2.06. The van der Waals surface area contributed by atoms with Crippen molar-refractivity contribution >= 4 is 5.78 Å². The molecule has 0 saturated carbocycles. The summed E-state index contributed by atoms with van der Waals surface area (Å²) in [7, 11) is 0. The lowest BCUT2D eigenvalue weighted by Crippen LogP contribution is -2.09. The Morgan fingerprint density at radius 3 is 3.25 bits per heavy atom. The standard InChI is InChI=1S/C9H9NO2/c10-5-8-3-6-1-2-7(11)4-9(6)12-8/h4,6,8H,1-3H2/t6-,8+/m1/s1. The molecule has 3 heteroatoms. The van der Waals surface area contributed by atoms with Crippen molar-refractivity contribution in [2.24, 2.45) is 5.92 Å². The van der Waals surface area contributed by atoms with E-state index in [2.05, 4.69) is 6.07 Å². The maximum absolute atomic E-state index is 11.0. The van der Waals surface area contributed by atoms with Gasteiger partial charge in [-0.1, -0.05) is 0 Å². The molecule has 2 aliphatic rings. The number of nitriles is 1. The summed E-state index contributed by atoms with van der Waals surface area (Å²) < 4.78 is 5.26. The summed E-state index contributed by atoms with van der Waals surface area (Å²) in [5, 5.41) is 8.59. The topological polar surface area (TPSA) is 50.1 Å². The van der Waals surface area contributed by atoms with Crippen LogP contribution >= 0.6 is 0 Å². The first-order chi connectivity index (χ1) is 5.79. The van der Waals surface area contributed by atoms with E-state index in [9.17, 15) is 4.79 Å². The van der Waals surface area contributed by atoms with Crippen LogP contribution in [0.3, 0.4) is 0 Å². The van der Waals surface area contributed by atoms with Crippen LogP contribution in [0.1, 0.15) is 19.3 Å². The molecule has 1 aliphatic carbocycles. The highest BCUT2D eigenvalue weighted by Crippen LogP contribution is 2.35. The molecule has 0 bridgehead atoms. The summed E-state index contributed by atoms with van der Waals surface area (Å²) in [4.78, 5) is 11.0. The van der Waals surface area contributed by atoms with Gasteiger partial charge in [-0.15, -0.1) is 0 Å². The zero-order chi connectivity index (χ0) is 8.55. The summed E-state index contributed by atoms with van der Waals surface area (Å²) in [5.41, 5.74) is 0. The van der Waals surface area contributed by atoms with Gasteiger partial charge >= 0.3 is 0 Å². The number of hydrogen-bond acceptors (Lipinski definition) is 3. The number of hydrogen-bond donors (Lipinski definition) is 0. The number of rotatable bonds is 0. The van der Waals surface area contributed by atoms with E-state index in [1.54, 1.807) is 6.08 Å². The van der Waals surface area contributed by atoms with Crippen LogP contribution in [0.2, 0.25) is 0 Å². The molecule has 1 saturated heterocycles. The van der Waals surface area contributed by atoms with Crippen LogP contribution in [-0.4, -0.2) is 11.9 Å². The molecule has 1 aliphatic heterocycles. The Labute approximate surface area is 70.6 Å². The van der Waals surface area contributed by atoms with Crippen LogP contribution < -0.4 is 0 Å². The smallest absolute Gasteiger partial charge is 0.184 e. The van der Waals surface area contributed by atoms with Gasteiger partial charge in [0.25, 0.3) is 0 Å². The number of ketones is 1. The van der Waals surface area contributed by atoms with E-state index in [1.165, 1.54) is 0 Å². The predicted molar refractivity (Wildman–Crippen MR) is 40.9 cm³/mol. The second-order valence-electron chi connectivity index (χ2n) is 3.22. The minimum absolute atomic E-state index is 0.125. The number of carbonyl (C=O) groups excluding carboxylic acids is 1. The Balaban J connectivity index is 2.19. The van der Waals surface area contributed by atoms with Crippen molar-refractivity contribution < 1.29 is 9.53 Å². The third-order valence-electron chi connectivity index (χ3n) is 2.37. The minimum atomic E-state index is -0.327. The molecule has 0 amide bonds. The molecule has 12 heavy (non-hydrogen) atoms. The average molecular weight is 163 g/mol. The van der Waals surface area contributed by atoms with E-state index in [0.717, 1.165) is 18.6 Å². The quantitative estimate of drug-likeness (QED) is 0.538. The first-order valence-electron chi connectivity index (χ1n) is 4.10. The van der Waals surface area contributed by atoms with Crippen molar-refractivity contribution in [3.8, 4) is 6.07 Å². The van der Waals surface area contributed by atoms with Crippen molar-refractivity contribution in [2.75, 3.05) is 0 Å². The molecule has 1 fully saturated rings. The Morgan fingerprint density at radius 2 is 2.50 bits per heavy atom. The minimum Gasteiger partial charge on any atom is -0.479 e. The second kappa shape index (κ2) is 2.63. The monoisotopic (exact) mass is 163 g/mol. The number of allylic oxidation sites excluding steroid dienone is 2. The van der Waals surface area contributed by atoms with E-state index in [1.807, 2.05) is 0 Å². The van der Waals surface area contributed by atoms with Crippen LogP contribution in [0.4, 0.5) is 0 Å². The molecule has 2 rings (SSSR count). The number of carbonyl (C=O) groups is 1. The first-order valence-corrected chi connectivity index (χ1v) is 4.10. The summed E-state index contributed by atoms with van der Waals surface area (Å²) >= 11 is 0. The lowest BCUT2D eigenvalue weighted by atomic mass is 9.91. The molecule has 0 aromatic heterocycles. The van der Waals surface area contributed by atoms with Gasteiger partial charge in [-0.3, -0.25) is 4.79 Å². The maximum Gasteiger partial charge on any atom is 0.184 e. The molecule has 0 radical (unpaired) electrons. The van der Waals surface area contributed by atoms with Crippen molar-refractivity contribution in [1.82, 2.24) is 0 Å².